The van der Waals surface area contributed by atoms with E-state index in [0.717, 1.165) is 0 Å². The standard InChI is InChI=1S/C18H21NO/c1-14-17(15-10-6-4-7-11-15)20-18(2,3)19(14)16-12-8-5-9-13-16/h4-14,17H,1-3H3. The Morgan fingerprint density at radius 3 is 2.05 bits per heavy atom. The van der Waals surface area contributed by atoms with Crippen molar-refractivity contribution >= 4 is 5.69 Å². The lowest BCUT2D eigenvalue weighted by atomic mass is 10.0. The van der Waals surface area contributed by atoms with Crippen LogP contribution in [0.2, 0.25) is 0 Å². The second-order valence-electron chi connectivity index (χ2n) is 5.84. The Balaban J connectivity index is 1.97. The van der Waals surface area contributed by atoms with E-state index in [4.69, 9.17) is 4.74 Å². The molecule has 2 aromatic carbocycles. The molecule has 2 unspecified atom stereocenters. The molecule has 0 saturated carbocycles. The minimum atomic E-state index is -0.304. The van der Waals surface area contributed by atoms with Gasteiger partial charge in [-0.05, 0) is 38.5 Å². The monoisotopic (exact) mass is 267 g/mol. The van der Waals surface area contributed by atoms with Gasteiger partial charge in [-0.15, -0.1) is 0 Å². The van der Waals surface area contributed by atoms with Crippen molar-refractivity contribution in [2.75, 3.05) is 4.90 Å². The summed E-state index contributed by atoms with van der Waals surface area (Å²) in [7, 11) is 0. The molecular formula is C18H21NO. The van der Waals surface area contributed by atoms with Crippen molar-refractivity contribution in [3.05, 3.63) is 66.2 Å². The van der Waals surface area contributed by atoms with Crippen LogP contribution in [0, 0.1) is 0 Å². The van der Waals surface area contributed by atoms with E-state index in [-0.39, 0.29) is 11.8 Å². The number of rotatable bonds is 2. The first-order chi connectivity index (χ1) is 9.59. The van der Waals surface area contributed by atoms with E-state index >= 15 is 0 Å². The van der Waals surface area contributed by atoms with Crippen molar-refractivity contribution in [2.24, 2.45) is 0 Å². The molecule has 1 aliphatic heterocycles. The topological polar surface area (TPSA) is 12.5 Å². The molecule has 2 nitrogen and oxygen atoms in total. The van der Waals surface area contributed by atoms with Gasteiger partial charge in [-0.2, -0.15) is 0 Å². The first-order valence-corrected chi connectivity index (χ1v) is 7.17. The van der Waals surface area contributed by atoms with Gasteiger partial charge in [0.1, 0.15) is 11.8 Å². The zero-order valence-electron chi connectivity index (χ0n) is 12.3. The second kappa shape index (κ2) is 4.95. The molecule has 2 heteroatoms. The molecule has 0 radical (unpaired) electrons. The van der Waals surface area contributed by atoms with Gasteiger partial charge in [0.25, 0.3) is 0 Å². The van der Waals surface area contributed by atoms with Crippen LogP contribution in [0.15, 0.2) is 60.7 Å². The molecule has 0 aromatic heterocycles. The predicted molar refractivity (Wildman–Crippen MR) is 82.7 cm³/mol. The highest BCUT2D eigenvalue weighted by molar-refractivity contribution is 5.51. The maximum Gasteiger partial charge on any atom is 0.136 e. The molecule has 2 aromatic rings. The Morgan fingerprint density at radius 2 is 1.45 bits per heavy atom. The van der Waals surface area contributed by atoms with Crippen LogP contribution in [0.25, 0.3) is 0 Å². The number of anilines is 1. The molecule has 1 fully saturated rings. The summed E-state index contributed by atoms with van der Waals surface area (Å²) >= 11 is 0. The number of para-hydroxylation sites is 1. The molecule has 0 bridgehead atoms. The van der Waals surface area contributed by atoms with E-state index < -0.39 is 0 Å². The Bertz CT molecular complexity index is 564. The lowest BCUT2D eigenvalue weighted by Gasteiger charge is -2.34. The van der Waals surface area contributed by atoms with Crippen LogP contribution in [0.1, 0.15) is 32.4 Å². The van der Waals surface area contributed by atoms with Gasteiger partial charge in [-0.25, -0.2) is 0 Å². The van der Waals surface area contributed by atoms with E-state index in [2.05, 4.69) is 74.2 Å². The molecule has 1 aliphatic rings. The lowest BCUT2D eigenvalue weighted by Crippen LogP contribution is -2.43. The number of hydrogen-bond donors (Lipinski definition) is 0. The van der Waals surface area contributed by atoms with Gasteiger partial charge in [0, 0.05) is 5.69 Å². The Morgan fingerprint density at radius 1 is 0.900 bits per heavy atom. The highest BCUT2D eigenvalue weighted by Gasteiger charge is 2.45. The van der Waals surface area contributed by atoms with E-state index in [9.17, 15) is 0 Å². The van der Waals surface area contributed by atoms with Gasteiger partial charge in [0.2, 0.25) is 0 Å². The van der Waals surface area contributed by atoms with E-state index in [1.807, 2.05) is 12.1 Å². The van der Waals surface area contributed by atoms with Crippen molar-refractivity contribution in [3.8, 4) is 0 Å². The summed E-state index contributed by atoms with van der Waals surface area (Å²) in [4.78, 5) is 2.37. The third-order valence-corrected chi connectivity index (χ3v) is 4.00. The van der Waals surface area contributed by atoms with Crippen LogP contribution < -0.4 is 4.90 Å². The van der Waals surface area contributed by atoms with Crippen LogP contribution in [-0.2, 0) is 4.74 Å². The van der Waals surface area contributed by atoms with Crippen molar-refractivity contribution < 1.29 is 4.74 Å². The van der Waals surface area contributed by atoms with Gasteiger partial charge in [-0.1, -0.05) is 48.5 Å². The van der Waals surface area contributed by atoms with Crippen LogP contribution in [0.3, 0.4) is 0 Å². The van der Waals surface area contributed by atoms with Crippen LogP contribution in [0.5, 0.6) is 0 Å². The molecule has 0 N–H and O–H groups in total. The summed E-state index contributed by atoms with van der Waals surface area (Å²) in [6.45, 7) is 6.51. The summed E-state index contributed by atoms with van der Waals surface area (Å²) in [6, 6.07) is 21.3. The van der Waals surface area contributed by atoms with Crippen molar-refractivity contribution in [3.63, 3.8) is 0 Å². The van der Waals surface area contributed by atoms with Gasteiger partial charge < -0.3 is 9.64 Å². The zero-order chi connectivity index (χ0) is 14.2. The fourth-order valence-electron chi connectivity index (χ4n) is 3.22. The van der Waals surface area contributed by atoms with Crippen LogP contribution in [0.4, 0.5) is 5.69 Å². The summed E-state index contributed by atoms with van der Waals surface area (Å²) < 4.78 is 6.34. The largest absolute Gasteiger partial charge is 0.346 e. The summed E-state index contributed by atoms with van der Waals surface area (Å²) in [5.41, 5.74) is 2.15. The minimum Gasteiger partial charge on any atom is -0.346 e. The highest BCUT2D eigenvalue weighted by Crippen LogP contribution is 2.43. The number of ether oxygens (including phenoxy) is 1. The minimum absolute atomic E-state index is 0.103. The van der Waals surface area contributed by atoms with Crippen LogP contribution in [-0.4, -0.2) is 11.8 Å². The first kappa shape index (κ1) is 13.2. The average molecular weight is 267 g/mol. The average Bonchev–Trinajstić information content (AvgIpc) is 2.71. The van der Waals surface area contributed by atoms with Gasteiger partial charge in [0.15, 0.2) is 0 Å². The highest BCUT2D eigenvalue weighted by atomic mass is 16.5. The Kier molecular flexibility index (Phi) is 3.27. The molecule has 104 valence electrons. The van der Waals surface area contributed by atoms with E-state index in [1.165, 1.54) is 11.3 Å². The predicted octanol–water partition coefficient (Wildman–Crippen LogP) is 4.39. The molecule has 1 heterocycles. The van der Waals surface area contributed by atoms with Crippen molar-refractivity contribution in [1.29, 1.82) is 0 Å². The third kappa shape index (κ3) is 2.20. The van der Waals surface area contributed by atoms with Crippen LogP contribution >= 0.6 is 0 Å². The molecule has 0 amide bonds. The molecule has 0 spiro atoms. The summed E-state index contributed by atoms with van der Waals surface area (Å²) in [5, 5.41) is 0. The van der Waals surface area contributed by atoms with Gasteiger partial charge in [-0.3, -0.25) is 0 Å². The molecular weight excluding hydrogens is 246 g/mol. The second-order valence-corrected chi connectivity index (χ2v) is 5.84. The quantitative estimate of drug-likeness (QED) is 0.800. The molecule has 3 rings (SSSR count). The van der Waals surface area contributed by atoms with Crippen molar-refractivity contribution in [1.82, 2.24) is 0 Å². The van der Waals surface area contributed by atoms with Gasteiger partial charge in [0.05, 0.1) is 6.04 Å². The lowest BCUT2D eigenvalue weighted by molar-refractivity contribution is -0.0169. The Hall–Kier alpha value is -1.80. The molecule has 1 saturated heterocycles. The number of nitrogens with zero attached hydrogens (tertiary/aromatic N) is 1. The Labute approximate surface area is 121 Å². The van der Waals surface area contributed by atoms with Gasteiger partial charge >= 0.3 is 0 Å². The maximum atomic E-state index is 6.34. The fraction of sp³-hybridized carbons (Fsp3) is 0.333. The zero-order valence-corrected chi connectivity index (χ0v) is 12.3. The molecule has 20 heavy (non-hydrogen) atoms. The fourth-order valence-corrected chi connectivity index (χ4v) is 3.22. The number of benzene rings is 2. The summed E-state index contributed by atoms with van der Waals surface area (Å²) in [6.07, 6.45) is 0.103. The molecule has 0 aliphatic carbocycles. The SMILES string of the molecule is CC1C(c2ccccc2)OC(C)(C)N1c1ccccc1. The normalized spacial score (nSPS) is 24.9. The maximum absolute atomic E-state index is 6.34. The first-order valence-electron chi connectivity index (χ1n) is 7.17. The smallest absolute Gasteiger partial charge is 0.136 e. The third-order valence-electron chi connectivity index (χ3n) is 4.00. The summed E-state index contributed by atoms with van der Waals surface area (Å²) in [5.74, 6) is 0. The molecule has 2 atom stereocenters. The van der Waals surface area contributed by atoms with Crippen molar-refractivity contribution in [2.45, 2.75) is 38.6 Å². The number of hydrogen-bond acceptors (Lipinski definition) is 2. The van der Waals surface area contributed by atoms with E-state index in [0.29, 0.717) is 6.04 Å². The van der Waals surface area contributed by atoms with E-state index in [1.54, 1.807) is 0 Å².